The summed E-state index contributed by atoms with van der Waals surface area (Å²) in [6, 6.07) is 0. The molecule has 0 saturated carbocycles. The van der Waals surface area contributed by atoms with Gasteiger partial charge in [0, 0.05) is 31.5 Å². The van der Waals surface area contributed by atoms with E-state index >= 15 is 0 Å². The summed E-state index contributed by atoms with van der Waals surface area (Å²) in [5, 5.41) is 9.50. The quantitative estimate of drug-likeness (QED) is 0.788. The van der Waals surface area contributed by atoms with Crippen LogP contribution in [0.3, 0.4) is 0 Å². The fourth-order valence-electron chi connectivity index (χ4n) is 2.59. The molecule has 7 heteroatoms. The first-order chi connectivity index (χ1) is 9.12. The molecule has 0 spiro atoms. The van der Waals surface area contributed by atoms with Gasteiger partial charge < -0.3 is 5.11 Å². The number of piperidine rings is 1. The number of aliphatic hydroxyl groups is 1. The molecule has 2 N–H and O–H groups in total. The lowest BCUT2D eigenvalue weighted by Gasteiger charge is -2.31. The SMILES string of the molecule is O=S(=O)(NCC1CCCCS1)N1CCC(CO)CC1. The van der Waals surface area contributed by atoms with Gasteiger partial charge in [0.15, 0.2) is 0 Å². The third-order valence-corrected chi connectivity index (χ3v) is 6.91. The predicted octanol–water partition coefficient (Wildman–Crippen LogP) is 0.811. The van der Waals surface area contributed by atoms with E-state index in [1.54, 1.807) is 0 Å². The lowest BCUT2D eigenvalue weighted by atomic mass is 10.00. The average molecular weight is 308 g/mol. The first kappa shape index (κ1) is 15.6. The molecular formula is C12H24N2O3S2. The second-order valence-corrected chi connectivity index (χ2v) is 8.53. The van der Waals surface area contributed by atoms with Crippen LogP contribution in [0.25, 0.3) is 0 Å². The van der Waals surface area contributed by atoms with Crippen LogP contribution in [0, 0.1) is 5.92 Å². The summed E-state index contributed by atoms with van der Waals surface area (Å²) in [6.07, 6.45) is 5.09. The first-order valence-electron chi connectivity index (χ1n) is 7.09. The number of rotatable bonds is 5. The molecule has 2 saturated heterocycles. The zero-order valence-electron chi connectivity index (χ0n) is 11.3. The van der Waals surface area contributed by atoms with Gasteiger partial charge in [-0.15, -0.1) is 0 Å². The molecule has 0 aromatic carbocycles. The van der Waals surface area contributed by atoms with E-state index < -0.39 is 10.2 Å². The maximum Gasteiger partial charge on any atom is 0.279 e. The molecule has 0 aromatic rings. The number of hydrogen-bond donors (Lipinski definition) is 2. The second kappa shape index (κ2) is 7.26. The van der Waals surface area contributed by atoms with Crippen molar-refractivity contribution in [2.45, 2.75) is 37.4 Å². The lowest BCUT2D eigenvalue weighted by molar-refractivity contribution is 0.169. The average Bonchev–Trinajstić information content (AvgIpc) is 2.46. The molecule has 112 valence electrons. The van der Waals surface area contributed by atoms with Crippen LogP contribution >= 0.6 is 11.8 Å². The lowest BCUT2D eigenvalue weighted by Crippen LogP contribution is -2.47. The van der Waals surface area contributed by atoms with Crippen molar-refractivity contribution in [3.8, 4) is 0 Å². The van der Waals surface area contributed by atoms with Crippen molar-refractivity contribution in [1.82, 2.24) is 9.03 Å². The molecule has 0 amide bonds. The molecule has 2 aliphatic heterocycles. The summed E-state index contributed by atoms with van der Waals surface area (Å²) < 4.78 is 28.6. The Morgan fingerprint density at radius 3 is 2.53 bits per heavy atom. The van der Waals surface area contributed by atoms with Crippen LogP contribution in [0.2, 0.25) is 0 Å². The van der Waals surface area contributed by atoms with E-state index in [9.17, 15) is 8.42 Å². The van der Waals surface area contributed by atoms with Crippen LogP contribution < -0.4 is 4.72 Å². The molecular weight excluding hydrogens is 284 g/mol. The fraction of sp³-hybridized carbons (Fsp3) is 1.00. The molecule has 19 heavy (non-hydrogen) atoms. The van der Waals surface area contributed by atoms with Gasteiger partial charge in [-0.25, -0.2) is 4.72 Å². The van der Waals surface area contributed by atoms with Gasteiger partial charge in [0.1, 0.15) is 0 Å². The Kier molecular flexibility index (Phi) is 5.95. The Labute approximate surface area is 120 Å². The van der Waals surface area contributed by atoms with Crippen LogP contribution in [0.1, 0.15) is 32.1 Å². The van der Waals surface area contributed by atoms with Crippen molar-refractivity contribution in [2.24, 2.45) is 5.92 Å². The zero-order chi connectivity index (χ0) is 13.7. The molecule has 1 atom stereocenters. The van der Waals surface area contributed by atoms with E-state index in [-0.39, 0.29) is 12.5 Å². The van der Waals surface area contributed by atoms with Gasteiger partial charge in [-0.2, -0.15) is 24.5 Å². The Bertz CT molecular complexity index is 361. The van der Waals surface area contributed by atoms with Crippen LogP contribution in [-0.4, -0.2) is 55.1 Å². The topological polar surface area (TPSA) is 69.6 Å². The van der Waals surface area contributed by atoms with Crippen molar-refractivity contribution in [2.75, 3.05) is 32.0 Å². The summed E-state index contributed by atoms with van der Waals surface area (Å²) in [7, 11) is -3.33. The van der Waals surface area contributed by atoms with E-state index in [0.717, 1.165) is 25.0 Å². The highest BCUT2D eigenvalue weighted by Gasteiger charge is 2.28. The summed E-state index contributed by atoms with van der Waals surface area (Å²) in [5.74, 6) is 1.41. The van der Waals surface area contributed by atoms with Crippen molar-refractivity contribution < 1.29 is 13.5 Å². The van der Waals surface area contributed by atoms with Gasteiger partial charge >= 0.3 is 0 Å². The number of aliphatic hydroxyl groups excluding tert-OH is 1. The summed E-state index contributed by atoms with van der Waals surface area (Å²) >= 11 is 1.88. The van der Waals surface area contributed by atoms with Crippen LogP contribution in [0.15, 0.2) is 0 Å². The highest BCUT2D eigenvalue weighted by Crippen LogP contribution is 2.25. The standard InChI is InChI=1S/C12H24N2O3S2/c15-10-11-4-6-14(7-5-11)19(16,17)13-9-12-3-1-2-8-18-12/h11-13,15H,1-10H2. The van der Waals surface area contributed by atoms with E-state index in [1.807, 2.05) is 11.8 Å². The molecule has 2 rings (SSSR count). The van der Waals surface area contributed by atoms with Gasteiger partial charge in [-0.1, -0.05) is 6.42 Å². The van der Waals surface area contributed by atoms with Crippen molar-refractivity contribution in [3.05, 3.63) is 0 Å². The first-order valence-corrected chi connectivity index (χ1v) is 9.58. The minimum absolute atomic E-state index is 0.167. The molecule has 0 bridgehead atoms. The molecule has 0 radical (unpaired) electrons. The number of hydrogen-bond acceptors (Lipinski definition) is 4. The molecule has 0 aliphatic carbocycles. The highest BCUT2D eigenvalue weighted by molar-refractivity contribution is 8.00. The van der Waals surface area contributed by atoms with Gasteiger partial charge in [0.25, 0.3) is 10.2 Å². The van der Waals surface area contributed by atoms with E-state index in [0.29, 0.717) is 24.9 Å². The largest absolute Gasteiger partial charge is 0.396 e. The third kappa shape index (κ3) is 4.60. The summed E-state index contributed by atoms with van der Waals surface area (Å²) in [6.45, 7) is 1.77. The van der Waals surface area contributed by atoms with E-state index in [4.69, 9.17) is 5.11 Å². The Morgan fingerprint density at radius 1 is 1.21 bits per heavy atom. The second-order valence-electron chi connectivity index (χ2n) is 5.37. The van der Waals surface area contributed by atoms with Gasteiger partial charge in [0.2, 0.25) is 0 Å². The zero-order valence-corrected chi connectivity index (χ0v) is 12.9. The number of thioether (sulfide) groups is 1. The van der Waals surface area contributed by atoms with Crippen molar-refractivity contribution >= 4 is 22.0 Å². The minimum atomic E-state index is -3.33. The Morgan fingerprint density at radius 2 is 1.95 bits per heavy atom. The maximum atomic E-state index is 12.2. The molecule has 2 aliphatic rings. The van der Waals surface area contributed by atoms with Crippen molar-refractivity contribution in [3.63, 3.8) is 0 Å². The van der Waals surface area contributed by atoms with Crippen LogP contribution in [-0.2, 0) is 10.2 Å². The molecule has 2 heterocycles. The van der Waals surface area contributed by atoms with Crippen LogP contribution in [0.5, 0.6) is 0 Å². The summed E-state index contributed by atoms with van der Waals surface area (Å²) in [5.41, 5.74) is 0. The molecule has 0 aromatic heterocycles. The number of nitrogens with one attached hydrogen (secondary N) is 1. The van der Waals surface area contributed by atoms with E-state index in [1.165, 1.54) is 17.1 Å². The predicted molar refractivity (Wildman–Crippen MR) is 78.4 cm³/mol. The summed E-state index contributed by atoms with van der Waals surface area (Å²) in [4.78, 5) is 0. The fourth-order valence-corrected chi connectivity index (χ4v) is 5.22. The van der Waals surface area contributed by atoms with E-state index in [2.05, 4.69) is 4.72 Å². The van der Waals surface area contributed by atoms with Gasteiger partial charge in [-0.05, 0) is 37.4 Å². The smallest absolute Gasteiger partial charge is 0.279 e. The molecule has 5 nitrogen and oxygen atoms in total. The van der Waals surface area contributed by atoms with Crippen LogP contribution in [0.4, 0.5) is 0 Å². The molecule has 2 fully saturated rings. The Balaban J connectivity index is 1.78. The third-order valence-electron chi connectivity index (χ3n) is 3.94. The van der Waals surface area contributed by atoms with Gasteiger partial charge in [-0.3, -0.25) is 0 Å². The molecule has 1 unspecified atom stereocenters. The Hall–Kier alpha value is 0.180. The number of nitrogens with zero attached hydrogens (tertiary/aromatic N) is 1. The monoisotopic (exact) mass is 308 g/mol. The highest BCUT2D eigenvalue weighted by atomic mass is 32.2. The van der Waals surface area contributed by atoms with Gasteiger partial charge in [0.05, 0.1) is 0 Å². The normalized spacial score (nSPS) is 27.5. The minimum Gasteiger partial charge on any atom is -0.396 e. The van der Waals surface area contributed by atoms with Crippen molar-refractivity contribution in [1.29, 1.82) is 0 Å². The maximum absolute atomic E-state index is 12.2.